The van der Waals surface area contributed by atoms with E-state index in [4.69, 9.17) is 4.42 Å². The van der Waals surface area contributed by atoms with Crippen molar-refractivity contribution in [1.29, 1.82) is 0 Å². The molecule has 0 radical (unpaired) electrons. The van der Waals surface area contributed by atoms with E-state index < -0.39 is 22.4 Å². The van der Waals surface area contributed by atoms with Crippen molar-refractivity contribution in [2.24, 2.45) is 0 Å². The number of fused-ring (bicyclic) bond motifs is 1. The van der Waals surface area contributed by atoms with E-state index in [1.165, 1.54) is 6.26 Å². The van der Waals surface area contributed by atoms with Crippen LogP contribution in [0.15, 0.2) is 71.3 Å². The maximum atomic E-state index is 13.5. The number of halogens is 3. The van der Waals surface area contributed by atoms with Crippen molar-refractivity contribution in [1.82, 2.24) is 9.88 Å². The molecule has 1 aliphatic rings. The second-order valence-electron chi connectivity index (χ2n) is 8.29. The highest BCUT2D eigenvalue weighted by Gasteiger charge is 2.34. The summed E-state index contributed by atoms with van der Waals surface area (Å²) >= 11 is 0. The van der Waals surface area contributed by atoms with Crippen molar-refractivity contribution in [3.05, 3.63) is 88.2 Å². The van der Waals surface area contributed by atoms with E-state index in [-0.39, 0.29) is 37.8 Å². The summed E-state index contributed by atoms with van der Waals surface area (Å²) < 4.78 is 44.6. The molecular formula is C25H19F3N4O4. The van der Waals surface area contributed by atoms with Gasteiger partial charge in [-0.1, -0.05) is 18.2 Å². The Morgan fingerprint density at radius 1 is 1.00 bits per heavy atom. The number of benzene rings is 2. The standard InChI is InChI=1S/C25H19F3N4O4/c26-25(27,28)16-7-8-21(22(14-16)32(34)35)30-9-11-31(12-10-30)24(33)18-15-20(23-6-3-13-36-23)29-19-5-2-1-4-17(18)19/h1-8,13-15H,9-12H2. The number of carbonyl (C=O) groups is 1. The maximum Gasteiger partial charge on any atom is 0.416 e. The molecule has 0 atom stereocenters. The molecule has 0 saturated carbocycles. The lowest BCUT2D eigenvalue weighted by Crippen LogP contribution is -2.49. The molecule has 184 valence electrons. The number of carbonyl (C=O) groups excluding carboxylic acids is 1. The van der Waals surface area contributed by atoms with Crippen molar-refractivity contribution >= 4 is 28.2 Å². The van der Waals surface area contributed by atoms with Gasteiger partial charge in [0.05, 0.1) is 27.8 Å². The number of aromatic nitrogens is 1. The zero-order valence-corrected chi connectivity index (χ0v) is 18.7. The second kappa shape index (κ2) is 8.99. The second-order valence-corrected chi connectivity index (χ2v) is 8.29. The fourth-order valence-electron chi connectivity index (χ4n) is 4.34. The Kier molecular flexibility index (Phi) is 5.83. The van der Waals surface area contributed by atoms with Crippen LogP contribution >= 0.6 is 0 Å². The average Bonchev–Trinajstić information content (AvgIpc) is 3.42. The van der Waals surface area contributed by atoms with Crippen LogP contribution < -0.4 is 4.90 Å². The van der Waals surface area contributed by atoms with Gasteiger partial charge in [-0.15, -0.1) is 0 Å². The molecule has 2 aromatic heterocycles. The Morgan fingerprint density at radius 3 is 2.42 bits per heavy atom. The van der Waals surface area contributed by atoms with Crippen molar-refractivity contribution in [2.75, 3.05) is 31.1 Å². The van der Waals surface area contributed by atoms with E-state index in [1.807, 2.05) is 18.2 Å². The van der Waals surface area contributed by atoms with E-state index >= 15 is 0 Å². The Labute approximate surface area is 202 Å². The minimum absolute atomic E-state index is 0.0922. The first-order chi connectivity index (χ1) is 17.2. The van der Waals surface area contributed by atoms with Crippen LogP contribution in [0.25, 0.3) is 22.4 Å². The van der Waals surface area contributed by atoms with Gasteiger partial charge in [0.15, 0.2) is 5.76 Å². The molecule has 1 aliphatic heterocycles. The van der Waals surface area contributed by atoms with Crippen LogP contribution in [-0.2, 0) is 6.18 Å². The lowest BCUT2D eigenvalue weighted by molar-refractivity contribution is -0.384. The minimum atomic E-state index is -4.68. The van der Waals surface area contributed by atoms with E-state index in [0.717, 1.165) is 12.1 Å². The van der Waals surface area contributed by atoms with Crippen LogP contribution in [-0.4, -0.2) is 46.9 Å². The molecule has 1 saturated heterocycles. The van der Waals surface area contributed by atoms with Gasteiger partial charge in [-0.25, -0.2) is 4.98 Å². The summed E-state index contributed by atoms with van der Waals surface area (Å²) in [5.41, 5.74) is -0.0122. The van der Waals surface area contributed by atoms with Gasteiger partial charge in [0.2, 0.25) is 0 Å². The first-order valence-electron chi connectivity index (χ1n) is 11.1. The van der Waals surface area contributed by atoms with Crippen LogP contribution in [0, 0.1) is 10.1 Å². The topological polar surface area (TPSA) is 92.7 Å². The monoisotopic (exact) mass is 496 g/mol. The summed E-state index contributed by atoms with van der Waals surface area (Å²) in [6, 6.07) is 14.9. The van der Waals surface area contributed by atoms with Gasteiger partial charge >= 0.3 is 6.18 Å². The van der Waals surface area contributed by atoms with Gasteiger partial charge in [-0.3, -0.25) is 14.9 Å². The van der Waals surface area contributed by atoms with Crippen LogP contribution in [0.3, 0.4) is 0 Å². The molecule has 0 N–H and O–H groups in total. The molecule has 36 heavy (non-hydrogen) atoms. The molecule has 11 heteroatoms. The highest BCUT2D eigenvalue weighted by molar-refractivity contribution is 6.07. The zero-order valence-electron chi connectivity index (χ0n) is 18.7. The molecule has 0 bridgehead atoms. The molecule has 4 aromatic rings. The summed E-state index contributed by atoms with van der Waals surface area (Å²) in [5, 5.41) is 12.2. The number of nitrogens with zero attached hydrogens (tertiary/aromatic N) is 4. The van der Waals surface area contributed by atoms with Gasteiger partial charge < -0.3 is 14.2 Å². The molecular weight excluding hydrogens is 477 g/mol. The van der Waals surface area contributed by atoms with Crippen molar-refractivity contribution in [3.8, 4) is 11.5 Å². The first kappa shape index (κ1) is 23.3. The Balaban J connectivity index is 1.40. The number of hydrogen-bond donors (Lipinski definition) is 0. The Bertz CT molecular complexity index is 1450. The molecule has 1 amide bonds. The fourth-order valence-corrected chi connectivity index (χ4v) is 4.34. The van der Waals surface area contributed by atoms with Crippen LogP contribution in [0.2, 0.25) is 0 Å². The third-order valence-electron chi connectivity index (χ3n) is 6.13. The molecule has 0 unspecified atom stereocenters. The van der Waals surface area contributed by atoms with Gasteiger partial charge in [-0.05, 0) is 36.4 Å². The van der Waals surface area contributed by atoms with Crippen molar-refractivity contribution in [3.63, 3.8) is 0 Å². The molecule has 0 spiro atoms. The summed E-state index contributed by atoms with van der Waals surface area (Å²) in [6.07, 6.45) is -3.16. The normalized spacial score (nSPS) is 14.3. The molecule has 3 heterocycles. The predicted octanol–water partition coefficient (Wildman–Crippen LogP) is 5.38. The SMILES string of the molecule is O=C(c1cc(-c2ccco2)nc2ccccc12)N1CCN(c2ccc(C(F)(F)F)cc2[N+](=O)[O-])CC1. The van der Waals surface area contributed by atoms with Gasteiger partial charge in [0, 0.05) is 37.6 Å². The molecule has 0 aliphatic carbocycles. The zero-order chi connectivity index (χ0) is 25.4. The quantitative estimate of drug-likeness (QED) is 0.278. The highest BCUT2D eigenvalue weighted by Crippen LogP contribution is 2.37. The van der Waals surface area contributed by atoms with Crippen LogP contribution in [0.1, 0.15) is 15.9 Å². The third-order valence-corrected chi connectivity index (χ3v) is 6.13. The van der Waals surface area contributed by atoms with Gasteiger partial charge in [0.1, 0.15) is 11.4 Å². The number of pyridine rings is 1. The first-order valence-corrected chi connectivity index (χ1v) is 11.1. The number of nitro benzene ring substituents is 1. The maximum absolute atomic E-state index is 13.5. The molecule has 5 rings (SSSR count). The fraction of sp³-hybridized carbons (Fsp3) is 0.200. The third kappa shape index (κ3) is 4.35. The Hall–Kier alpha value is -4.41. The Morgan fingerprint density at radius 2 is 1.75 bits per heavy atom. The van der Waals surface area contributed by atoms with E-state index in [0.29, 0.717) is 34.0 Å². The number of amides is 1. The number of alkyl halides is 3. The lowest BCUT2D eigenvalue weighted by Gasteiger charge is -2.36. The van der Waals surface area contributed by atoms with Crippen LogP contribution in [0.5, 0.6) is 0 Å². The summed E-state index contributed by atoms with van der Waals surface area (Å²) in [5.74, 6) is 0.289. The van der Waals surface area contributed by atoms with Crippen LogP contribution in [0.4, 0.5) is 24.5 Å². The molecule has 1 fully saturated rings. The molecule has 2 aromatic carbocycles. The largest absolute Gasteiger partial charge is 0.463 e. The minimum Gasteiger partial charge on any atom is -0.463 e. The summed E-state index contributed by atoms with van der Waals surface area (Å²) in [6.45, 7) is 0.936. The smallest absolute Gasteiger partial charge is 0.416 e. The van der Waals surface area contributed by atoms with E-state index in [1.54, 1.807) is 34.1 Å². The average molecular weight is 496 g/mol. The number of nitro groups is 1. The van der Waals surface area contributed by atoms with Crippen molar-refractivity contribution < 1.29 is 27.3 Å². The number of furan rings is 1. The molecule has 8 nitrogen and oxygen atoms in total. The van der Waals surface area contributed by atoms with Crippen molar-refractivity contribution in [2.45, 2.75) is 6.18 Å². The lowest BCUT2D eigenvalue weighted by atomic mass is 10.0. The number of hydrogen-bond acceptors (Lipinski definition) is 6. The van der Waals surface area contributed by atoms with Gasteiger partial charge in [0.25, 0.3) is 11.6 Å². The summed E-state index contributed by atoms with van der Waals surface area (Å²) in [4.78, 5) is 32.0. The number of rotatable bonds is 4. The number of anilines is 1. The van der Waals surface area contributed by atoms with E-state index in [2.05, 4.69) is 4.98 Å². The van der Waals surface area contributed by atoms with E-state index in [9.17, 15) is 28.1 Å². The van der Waals surface area contributed by atoms with Gasteiger partial charge in [-0.2, -0.15) is 13.2 Å². The predicted molar refractivity (Wildman–Crippen MR) is 126 cm³/mol. The summed E-state index contributed by atoms with van der Waals surface area (Å²) in [7, 11) is 0. The highest BCUT2D eigenvalue weighted by atomic mass is 19.4. The number of para-hydroxylation sites is 1. The number of piperazine rings is 1.